The molecular weight excluding hydrogens is 472 g/mol. The fourth-order valence-corrected chi connectivity index (χ4v) is 5.21. The van der Waals surface area contributed by atoms with Crippen molar-refractivity contribution in [2.75, 3.05) is 30.9 Å². The van der Waals surface area contributed by atoms with Gasteiger partial charge in [-0.05, 0) is 72.1 Å². The molecule has 1 amide bonds. The first kappa shape index (κ1) is 26.3. The Hall–Kier alpha value is -3.30. The smallest absolute Gasteiger partial charge is 0.243 e. The van der Waals surface area contributed by atoms with E-state index in [9.17, 15) is 22.0 Å². The van der Waals surface area contributed by atoms with E-state index in [1.807, 2.05) is 32.0 Å². The standard InChI is InChI=1S/C26H29F2N3O3S/c1-4-15-31(35(33,34)24-12-9-22(28)10-13-24)18-20-17-23(11-14-25(20)30(2)3)29-26(32)16-19-5-7-21(27)8-6-19/h5-14,17H,4,15-16,18H2,1-3H3,(H,29,32). The van der Waals surface area contributed by atoms with Crippen molar-refractivity contribution >= 4 is 27.3 Å². The van der Waals surface area contributed by atoms with Gasteiger partial charge in [-0.25, -0.2) is 17.2 Å². The van der Waals surface area contributed by atoms with Gasteiger partial charge in [-0.2, -0.15) is 4.31 Å². The Labute approximate surface area is 205 Å². The van der Waals surface area contributed by atoms with Gasteiger partial charge in [-0.15, -0.1) is 0 Å². The number of carbonyl (C=O) groups excluding carboxylic acids is 1. The number of sulfonamides is 1. The number of nitrogens with one attached hydrogen (secondary N) is 1. The summed E-state index contributed by atoms with van der Waals surface area (Å²) in [6.45, 7) is 2.22. The lowest BCUT2D eigenvalue weighted by Crippen LogP contribution is -2.32. The summed E-state index contributed by atoms with van der Waals surface area (Å²) in [5, 5.41) is 2.83. The van der Waals surface area contributed by atoms with E-state index in [0.29, 0.717) is 23.2 Å². The van der Waals surface area contributed by atoms with Crippen LogP contribution < -0.4 is 10.2 Å². The minimum atomic E-state index is -3.87. The van der Waals surface area contributed by atoms with Gasteiger partial charge in [0.25, 0.3) is 0 Å². The molecule has 0 saturated heterocycles. The third kappa shape index (κ3) is 6.86. The Morgan fingerprint density at radius 1 is 0.914 bits per heavy atom. The highest BCUT2D eigenvalue weighted by Gasteiger charge is 2.25. The average molecular weight is 502 g/mol. The van der Waals surface area contributed by atoms with Gasteiger partial charge in [-0.3, -0.25) is 4.79 Å². The van der Waals surface area contributed by atoms with E-state index >= 15 is 0 Å². The minimum absolute atomic E-state index is 0.0162. The normalized spacial score (nSPS) is 11.5. The van der Waals surface area contributed by atoms with Crippen LogP contribution in [0.4, 0.5) is 20.2 Å². The summed E-state index contributed by atoms with van der Waals surface area (Å²) >= 11 is 0. The number of hydrogen-bond acceptors (Lipinski definition) is 4. The van der Waals surface area contributed by atoms with Crippen molar-refractivity contribution in [3.8, 4) is 0 Å². The second kappa shape index (κ2) is 11.4. The molecule has 0 aliphatic heterocycles. The van der Waals surface area contributed by atoms with Gasteiger partial charge in [-0.1, -0.05) is 19.1 Å². The van der Waals surface area contributed by atoms with E-state index in [4.69, 9.17) is 0 Å². The van der Waals surface area contributed by atoms with Crippen molar-refractivity contribution in [1.82, 2.24) is 4.31 Å². The molecule has 9 heteroatoms. The van der Waals surface area contributed by atoms with Crippen LogP contribution in [0, 0.1) is 11.6 Å². The second-order valence-corrected chi connectivity index (χ2v) is 10.3. The van der Waals surface area contributed by atoms with Crippen LogP contribution in [0.1, 0.15) is 24.5 Å². The van der Waals surface area contributed by atoms with Gasteiger partial charge in [0.15, 0.2) is 0 Å². The van der Waals surface area contributed by atoms with Crippen LogP contribution >= 0.6 is 0 Å². The van der Waals surface area contributed by atoms with Crippen molar-refractivity contribution in [1.29, 1.82) is 0 Å². The SMILES string of the molecule is CCCN(Cc1cc(NC(=O)Cc2ccc(F)cc2)ccc1N(C)C)S(=O)(=O)c1ccc(F)cc1. The molecule has 0 heterocycles. The van der Waals surface area contributed by atoms with E-state index < -0.39 is 15.8 Å². The lowest BCUT2D eigenvalue weighted by molar-refractivity contribution is -0.115. The maximum atomic E-state index is 13.4. The van der Waals surface area contributed by atoms with Crippen LogP contribution in [0.3, 0.4) is 0 Å². The van der Waals surface area contributed by atoms with Gasteiger partial charge in [0.2, 0.25) is 15.9 Å². The van der Waals surface area contributed by atoms with Crippen LogP contribution in [0.2, 0.25) is 0 Å². The van der Waals surface area contributed by atoms with Gasteiger partial charge < -0.3 is 10.2 Å². The van der Waals surface area contributed by atoms with Gasteiger partial charge >= 0.3 is 0 Å². The lowest BCUT2D eigenvalue weighted by Gasteiger charge is -2.25. The average Bonchev–Trinajstić information content (AvgIpc) is 2.80. The summed E-state index contributed by atoms with van der Waals surface area (Å²) in [4.78, 5) is 14.4. The molecule has 0 aromatic heterocycles. The Morgan fingerprint density at radius 3 is 2.09 bits per heavy atom. The predicted molar refractivity (Wildman–Crippen MR) is 134 cm³/mol. The second-order valence-electron chi connectivity index (χ2n) is 8.38. The number of carbonyl (C=O) groups is 1. The summed E-state index contributed by atoms with van der Waals surface area (Å²) in [7, 11) is -0.168. The Bertz CT molecular complexity index is 1260. The zero-order valence-electron chi connectivity index (χ0n) is 20.0. The third-order valence-electron chi connectivity index (χ3n) is 5.39. The molecule has 0 fully saturated rings. The van der Waals surface area contributed by atoms with Gasteiger partial charge in [0, 0.05) is 38.6 Å². The van der Waals surface area contributed by atoms with E-state index in [-0.39, 0.29) is 36.1 Å². The molecule has 0 spiro atoms. The van der Waals surface area contributed by atoms with E-state index in [1.54, 1.807) is 24.3 Å². The highest BCUT2D eigenvalue weighted by Crippen LogP contribution is 2.27. The predicted octanol–water partition coefficient (Wildman–Crippen LogP) is 4.81. The summed E-state index contributed by atoms with van der Waals surface area (Å²) in [6.07, 6.45) is 0.664. The molecule has 0 radical (unpaired) electrons. The lowest BCUT2D eigenvalue weighted by atomic mass is 10.1. The monoisotopic (exact) mass is 501 g/mol. The first-order valence-corrected chi connectivity index (χ1v) is 12.6. The fourth-order valence-electron chi connectivity index (χ4n) is 3.70. The van der Waals surface area contributed by atoms with Crippen molar-refractivity contribution in [2.45, 2.75) is 31.2 Å². The maximum absolute atomic E-state index is 13.4. The molecule has 1 N–H and O–H groups in total. The summed E-state index contributed by atoms with van der Waals surface area (Å²) in [6, 6.07) is 15.8. The molecule has 0 bridgehead atoms. The molecule has 0 aliphatic rings. The number of hydrogen-bond donors (Lipinski definition) is 1. The molecule has 3 aromatic carbocycles. The molecule has 3 rings (SSSR count). The molecule has 35 heavy (non-hydrogen) atoms. The summed E-state index contributed by atoms with van der Waals surface area (Å²) in [5.74, 6) is -1.15. The molecule has 186 valence electrons. The number of benzene rings is 3. The molecule has 3 aromatic rings. The van der Waals surface area contributed by atoms with Crippen LogP contribution in [-0.4, -0.2) is 39.3 Å². The Kier molecular flexibility index (Phi) is 8.58. The molecule has 6 nitrogen and oxygen atoms in total. The first-order valence-electron chi connectivity index (χ1n) is 11.2. The van der Waals surface area contributed by atoms with Gasteiger partial charge in [0.1, 0.15) is 11.6 Å². The number of halogens is 2. The largest absolute Gasteiger partial charge is 0.377 e. The minimum Gasteiger partial charge on any atom is -0.377 e. The van der Waals surface area contributed by atoms with Crippen LogP contribution in [-0.2, 0) is 27.8 Å². The quantitative estimate of drug-likeness (QED) is 0.433. The summed E-state index contributed by atoms with van der Waals surface area (Å²) < 4.78 is 54.4. The topological polar surface area (TPSA) is 69.7 Å². The number of nitrogens with zero attached hydrogens (tertiary/aromatic N) is 2. The molecule has 0 unspecified atom stereocenters. The number of anilines is 2. The zero-order valence-corrected chi connectivity index (χ0v) is 20.8. The zero-order chi connectivity index (χ0) is 25.6. The van der Waals surface area contributed by atoms with Crippen LogP contribution in [0.25, 0.3) is 0 Å². The Morgan fingerprint density at radius 2 is 1.51 bits per heavy atom. The highest BCUT2D eigenvalue weighted by molar-refractivity contribution is 7.89. The van der Waals surface area contributed by atoms with Crippen molar-refractivity contribution in [2.24, 2.45) is 0 Å². The van der Waals surface area contributed by atoms with Crippen LogP contribution in [0.5, 0.6) is 0 Å². The van der Waals surface area contributed by atoms with E-state index in [1.165, 1.54) is 28.6 Å². The molecular formula is C26H29F2N3O3S. The number of rotatable bonds is 10. The van der Waals surface area contributed by atoms with E-state index in [2.05, 4.69) is 5.32 Å². The Balaban J connectivity index is 1.86. The third-order valence-corrected chi connectivity index (χ3v) is 7.25. The van der Waals surface area contributed by atoms with Gasteiger partial charge in [0.05, 0.1) is 11.3 Å². The molecule has 0 saturated carbocycles. The molecule has 0 atom stereocenters. The van der Waals surface area contributed by atoms with Crippen molar-refractivity contribution < 1.29 is 22.0 Å². The molecule has 0 aliphatic carbocycles. The maximum Gasteiger partial charge on any atom is 0.243 e. The number of amides is 1. The van der Waals surface area contributed by atoms with Crippen molar-refractivity contribution in [3.63, 3.8) is 0 Å². The van der Waals surface area contributed by atoms with Crippen molar-refractivity contribution in [3.05, 3.63) is 89.5 Å². The summed E-state index contributed by atoms with van der Waals surface area (Å²) in [5.41, 5.74) is 2.70. The van der Waals surface area contributed by atoms with Crippen LogP contribution in [0.15, 0.2) is 71.6 Å². The highest BCUT2D eigenvalue weighted by atomic mass is 32.2. The fraction of sp³-hybridized carbons (Fsp3) is 0.269. The first-order chi connectivity index (χ1) is 16.6. The van der Waals surface area contributed by atoms with E-state index in [0.717, 1.165) is 17.8 Å².